The summed E-state index contributed by atoms with van der Waals surface area (Å²) in [7, 11) is 0. The van der Waals surface area contributed by atoms with Crippen LogP contribution in [0.25, 0.3) is 0 Å². The van der Waals surface area contributed by atoms with Gasteiger partial charge in [0.1, 0.15) is 5.82 Å². The number of hydrogen-bond acceptors (Lipinski definition) is 2. The maximum atomic E-state index is 13.1. The number of nitrogens with zero attached hydrogens (tertiary/aromatic N) is 1. The number of halogens is 2. The van der Waals surface area contributed by atoms with E-state index in [-0.39, 0.29) is 5.56 Å². The Morgan fingerprint density at radius 2 is 2.36 bits per heavy atom. The second-order valence-corrected chi connectivity index (χ2v) is 3.32. The molecule has 0 aliphatic carbocycles. The minimum Gasteiger partial charge on any atom is -0.350 e. The van der Waals surface area contributed by atoms with Crippen molar-refractivity contribution in [3.05, 3.63) is 34.1 Å². The van der Waals surface area contributed by atoms with Gasteiger partial charge in [-0.05, 0) is 18.2 Å². The lowest BCUT2D eigenvalue weighted by Crippen LogP contribution is -2.24. The third kappa shape index (κ3) is 3.14. The Morgan fingerprint density at radius 3 is 2.93 bits per heavy atom. The van der Waals surface area contributed by atoms with E-state index in [4.69, 9.17) is 5.73 Å². The first-order chi connectivity index (χ1) is 6.59. The Balaban J connectivity index is 2.76. The van der Waals surface area contributed by atoms with E-state index in [0.29, 0.717) is 4.47 Å². The Hall–Kier alpha value is -1.43. The molecule has 3 N–H and O–H groups in total. The van der Waals surface area contributed by atoms with Crippen molar-refractivity contribution in [3.8, 4) is 0 Å². The lowest BCUT2D eigenvalue weighted by Gasteiger charge is -1.96. The van der Waals surface area contributed by atoms with Crippen molar-refractivity contribution in [2.24, 2.45) is 10.8 Å². The third-order valence-corrected chi connectivity index (χ3v) is 1.83. The van der Waals surface area contributed by atoms with Gasteiger partial charge in [-0.15, -0.1) is 0 Å². The molecule has 0 aliphatic rings. The predicted molar refractivity (Wildman–Crippen MR) is 54.4 cm³/mol. The Kier molecular flexibility index (Phi) is 3.58. The molecule has 0 saturated carbocycles. The molecule has 2 amide bonds. The van der Waals surface area contributed by atoms with Gasteiger partial charge in [-0.2, -0.15) is 5.10 Å². The molecular formula is C8H7BrFN3O. The fourth-order valence-electron chi connectivity index (χ4n) is 0.772. The highest BCUT2D eigenvalue weighted by molar-refractivity contribution is 9.10. The quantitative estimate of drug-likeness (QED) is 0.615. The first kappa shape index (κ1) is 10.6. The van der Waals surface area contributed by atoms with E-state index < -0.39 is 11.8 Å². The van der Waals surface area contributed by atoms with E-state index in [0.717, 1.165) is 0 Å². The van der Waals surface area contributed by atoms with E-state index in [1.807, 2.05) is 5.43 Å². The lowest BCUT2D eigenvalue weighted by atomic mass is 10.2. The van der Waals surface area contributed by atoms with Gasteiger partial charge in [0.25, 0.3) is 0 Å². The van der Waals surface area contributed by atoms with Gasteiger partial charge in [0.05, 0.1) is 6.21 Å². The molecule has 1 rings (SSSR count). The molecular weight excluding hydrogens is 253 g/mol. The lowest BCUT2D eigenvalue weighted by molar-refractivity contribution is 0.249. The molecule has 0 heterocycles. The Morgan fingerprint density at radius 1 is 1.64 bits per heavy atom. The van der Waals surface area contributed by atoms with Gasteiger partial charge in [0, 0.05) is 10.0 Å². The highest BCUT2D eigenvalue weighted by atomic mass is 79.9. The van der Waals surface area contributed by atoms with Crippen LogP contribution < -0.4 is 11.2 Å². The Bertz CT molecular complexity index is 381. The minimum atomic E-state index is -0.793. The number of nitrogens with two attached hydrogens (primary N) is 1. The molecule has 0 spiro atoms. The van der Waals surface area contributed by atoms with Crippen molar-refractivity contribution in [1.82, 2.24) is 5.43 Å². The largest absolute Gasteiger partial charge is 0.350 e. The molecule has 74 valence electrons. The second kappa shape index (κ2) is 4.71. The first-order valence-electron chi connectivity index (χ1n) is 3.63. The summed E-state index contributed by atoms with van der Waals surface area (Å²) in [6, 6.07) is 3.69. The summed E-state index contributed by atoms with van der Waals surface area (Å²) in [5.41, 5.74) is 6.99. The van der Waals surface area contributed by atoms with Crippen LogP contribution in [0.2, 0.25) is 0 Å². The van der Waals surface area contributed by atoms with Crippen molar-refractivity contribution in [2.45, 2.75) is 0 Å². The molecule has 6 heteroatoms. The zero-order chi connectivity index (χ0) is 10.6. The Labute approximate surface area is 88.1 Å². The topological polar surface area (TPSA) is 67.5 Å². The summed E-state index contributed by atoms with van der Waals surface area (Å²) in [4.78, 5) is 10.2. The van der Waals surface area contributed by atoms with Crippen LogP contribution in [0, 0.1) is 5.82 Å². The summed E-state index contributed by atoms with van der Waals surface area (Å²) < 4.78 is 13.7. The summed E-state index contributed by atoms with van der Waals surface area (Å²) in [5, 5.41) is 3.43. The monoisotopic (exact) mass is 259 g/mol. The van der Waals surface area contributed by atoms with E-state index in [1.165, 1.54) is 18.3 Å². The summed E-state index contributed by atoms with van der Waals surface area (Å²) in [6.45, 7) is 0. The van der Waals surface area contributed by atoms with E-state index in [1.54, 1.807) is 6.07 Å². The molecule has 0 aliphatic heterocycles. The maximum absolute atomic E-state index is 13.1. The molecule has 4 nitrogen and oxygen atoms in total. The van der Waals surface area contributed by atoms with Crippen LogP contribution in [-0.2, 0) is 0 Å². The third-order valence-electron chi connectivity index (χ3n) is 1.34. The number of benzene rings is 1. The zero-order valence-corrected chi connectivity index (χ0v) is 8.58. The van der Waals surface area contributed by atoms with Gasteiger partial charge >= 0.3 is 6.03 Å². The number of hydrazone groups is 1. The molecule has 14 heavy (non-hydrogen) atoms. The predicted octanol–water partition coefficient (Wildman–Crippen LogP) is 1.59. The summed E-state index contributed by atoms with van der Waals surface area (Å²) >= 11 is 3.11. The average molecular weight is 260 g/mol. The molecule has 0 atom stereocenters. The highest BCUT2D eigenvalue weighted by Gasteiger charge is 1.99. The summed E-state index contributed by atoms with van der Waals surface area (Å²) in [6.07, 6.45) is 1.17. The number of primary amides is 1. The molecule has 1 aromatic carbocycles. The van der Waals surface area contributed by atoms with Crippen LogP contribution in [0.15, 0.2) is 27.8 Å². The van der Waals surface area contributed by atoms with Crippen LogP contribution in [0.3, 0.4) is 0 Å². The van der Waals surface area contributed by atoms with Gasteiger partial charge < -0.3 is 5.73 Å². The van der Waals surface area contributed by atoms with E-state index in [2.05, 4.69) is 21.0 Å². The molecule has 0 fully saturated rings. The van der Waals surface area contributed by atoms with Crippen molar-refractivity contribution < 1.29 is 9.18 Å². The number of nitrogens with one attached hydrogen (secondary N) is 1. The molecule has 0 aromatic heterocycles. The molecule has 0 unspecified atom stereocenters. The zero-order valence-electron chi connectivity index (χ0n) is 7.00. The second-order valence-electron chi connectivity index (χ2n) is 2.40. The van der Waals surface area contributed by atoms with Crippen LogP contribution >= 0.6 is 15.9 Å². The molecule has 0 saturated heterocycles. The van der Waals surface area contributed by atoms with Gasteiger partial charge in [0.2, 0.25) is 0 Å². The van der Waals surface area contributed by atoms with Gasteiger partial charge in [0.15, 0.2) is 0 Å². The number of rotatable bonds is 2. The van der Waals surface area contributed by atoms with Crippen molar-refractivity contribution in [1.29, 1.82) is 0 Å². The van der Waals surface area contributed by atoms with Crippen molar-refractivity contribution >= 4 is 28.2 Å². The number of urea groups is 1. The maximum Gasteiger partial charge on any atom is 0.332 e. The minimum absolute atomic E-state index is 0.266. The van der Waals surface area contributed by atoms with Crippen LogP contribution in [0.1, 0.15) is 5.56 Å². The average Bonchev–Trinajstić information content (AvgIpc) is 2.08. The summed E-state index contributed by atoms with van der Waals surface area (Å²) in [5.74, 6) is -0.436. The van der Waals surface area contributed by atoms with E-state index >= 15 is 0 Å². The highest BCUT2D eigenvalue weighted by Crippen LogP contribution is 2.13. The number of hydrogen-bond donors (Lipinski definition) is 2. The number of carbonyl (C=O) groups excluding carboxylic acids is 1. The normalized spacial score (nSPS) is 10.4. The van der Waals surface area contributed by atoms with E-state index in [9.17, 15) is 9.18 Å². The van der Waals surface area contributed by atoms with Crippen LogP contribution in [0.4, 0.5) is 9.18 Å². The first-order valence-corrected chi connectivity index (χ1v) is 4.42. The van der Waals surface area contributed by atoms with Crippen molar-refractivity contribution in [2.75, 3.05) is 0 Å². The SMILES string of the molecule is NC(=O)N/N=C/c1ccc(Br)cc1F. The van der Waals surface area contributed by atoms with Gasteiger partial charge in [-0.1, -0.05) is 15.9 Å². The van der Waals surface area contributed by atoms with Crippen LogP contribution in [0.5, 0.6) is 0 Å². The fraction of sp³-hybridized carbons (Fsp3) is 0. The van der Waals surface area contributed by atoms with Gasteiger partial charge in [-0.3, -0.25) is 0 Å². The van der Waals surface area contributed by atoms with Gasteiger partial charge in [-0.25, -0.2) is 14.6 Å². The molecule has 1 aromatic rings. The standard InChI is InChI=1S/C8H7BrFN3O/c9-6-2-1-5(7(10)3-6)4-12-13-8(11)14/h1-4H,(H3,11,13,14)/b12-4+. The fourth-order valence-corrected chi connectivity index (χ4v) is 1.10. The number of amides is 2. The van der Waals surface area contributed by atoms with Crippen LogP contribution in [-0.4, -0.2) is 12.2 Å². The smallest absolute Gasteiger partial charge is 0.332 e. The molecule has 0 radical (unpaired) electrons. The molecule has 0 bridgehead atoms. The number of carbonyl (C=O) groups is 1. The van der Waals surface area contributed by atoms with Crippen molar-refractivity contribution in [3.63, 3.8) is 0 Å².